The van der Waals surface area contributed by atoms with Crippen LogP contribution in [0.5, 0.6) is 0 Å². The Labute approximate surface area is 166 Å². The summed E-state index contributed by atoms with van der Waals surface area (Å²) in [6, 6.07) is 12.4. The highest BCUT2D eigenvalue weighted by Crippen LogP contribution is 2.27. The fourth-order valence-corrected chi connectivity index (χ4v) is 2.99. The van der Waals surface area contributed by atoms with Crippen LogP contribution in [-0.4, -0.2) is 37.8 Å². The van der Waals surface area contributed by atoms with Gasteiger partial charge in [0.15, 0.2) is 0 Å². The Morgan fingerprint density at radius 2 is 1.70 bits per heavy atom. The van der Waals surface area contributed by atoms with Crippen molar-refractivity contribution >= 4 is 23.7 Å². The van der Waals surface area contributed by atoms with Gasteiger partial charge in [0, 0.05) is 5.56 Å². The van der Waals surface area contributed by atoms with E-state index < -0.39 is 35.7 Å². The summed E-state index contributed by atoms with van der Waals surface area (Å²) in [5.41, 5.74) is 1.20. The van der Waals surface area contributed by atoms with Crippen LogP contribution in [0.4, 0.5) is 19.1 Å². The van der Waals surface area contributed by atoms with Gasteiger partial charge in [0.25, 0.3) is 17.7 Å². The normalized spacial score (nSPS) is 13.5. The zero-order valence-electron chi connectivity index (χ0n) is 15.0. The number of benzene rings is 2. The maximum Gasteiger partial charge on any atom is 0.451 e. The minimum Gasteiger partial charge on any atom is -0.289 e. The van der Waals surface area contributed by atoms with Gasteiger partial charge in [-0.1, -0.05) is 24.3 Å². The first-order valence-electron chi connectivity index (χ1n) is 8.59. The second-order valence-corrected chi connectivity index (χ2v) is 6.40. The molecule has 30 heavy (non-hydrogen) atoms. The van der Waals surface area contributed by atoms with E-state index in [0.29, 0.717) is 16.7 Å². The second kappa shape index (κ2) is 7.10. The van der Waals surface area contributed by atoms with Gasteiger partial charge in [-0.25, -0.2) is 0 Å². The van der Waals surface area contributed by atoms with Gasteiger partial charge in [-0.05, 0) is 29.8 Å². The van der Waals surface area contributed by atoms with Crippen LogP contribution in [0.15, 0.2) is 48.5 Å². The molecule has 2 N–H and O–H groups in total. The first-order valence-corrected chi connectivity index (χ1v) is 8.59. The molecule has 2 heterocycles. The minimum absolute atomic E-state index is 0.0632. The lowest BCUT2D eigenvalue weighted by molar-refractivity contribution is -0.144. The summed E-state index contributed by atoms with van der Waals surface area (Å²) in [5.74, 6) is -3.49. The largest absolute Gasteiger partial charge is 0.451 e. The third-order valence-corrected chi connectivity index (χ3v) is 4.39. The molecular weight excluding hydrogens is 403 g/mol. The Morgan fingerprint density at radius 3 is 2.30 bits per heavy atom. The number of carbonyl (C=O) groups is 3. The summed E-state index contributed by atoms with van der Waals surface area (Å²) in [6.07, 6.45) is -4.72. The Hall–Kier alpha value is -4.02. The highest BCUT2D eigenvalue weighted by atomic mass is 19.4. The molecular formula is C19H12F3N5O3. The van der Waals surface area contributed by atoms with E-state index in [0.717, 1.165) is 4.90 Å². The predicted octanol–water partition coefficient (Wildman–Crippen LogP) is 2.87. The number of hydrogen-bond acceptors (Lipinski definition) is 5. The average Bonchev–Trinajstić information content (AvgIpc) is 3.28. The number of nitrogens with zero attached hydrogens (tertiary/aromatic N) is 3. The van der Waals surface area contributed by atoms with Crippen molar-refractivity contribution in [2.45, 2.75) is 12.7 Å². The number of aromatic nitrogens is 3. The number of carbonyl (C=O) groups excluding carboxylic acids is 3. The van der Waals surface area contributed by atoms with E-state index in [4.69, 9.17) is 0 Å². The number of nitrogens with one attached hydrogen (secondary N) is 2. The van der Waals surface area contributed by atoms with E-state index in [2.05, 4.69) is 15.4 Å². The summed E-state index contributed by atoms with van der Waals surface area (Å²) in [7, 11) is 0. The van der Waals surface area contributed by atoms with Crippen molar-refractivity contribution < 1.29 is 27.6 Å². The molecule has 1 aliphatic rings. The molecule has 0 fully saturated rings. The summed E-state index contributed by atoms with van der Waals surface area (Å²) in [6.45, 7) is -0.0632. The number of rotatable bonds is 4. The van der Waals surface area contributed by atoms with Crippen LogP contribution in [0.2, 0.25) is 0 Å². The molecule has 0 spiro atoms. The first kappa shape index (κ1) is 19.3. The number of fused-ring (bicyclic) bond motifs is 1. The van der Waals surface area contributed by atoms with Crippen LogP contribution in [-0.2, 0) is 12.7 Å². The van der Waals surface area contributed by atoms with Gasteiger partial charge >= 0.3 is 6.18 Å². The number of hydrogen-bond donors (Lipinski definition) is 2. The minimum atomic E-state index is -4.72. The van der Waals surface area contributed by atoms with Crippen molar-refractivity contribution in [1.82, 2.24) is 20.1 Å². The number of aromatic amines is 1. The molecule has 8 nitrogen and oxygen atoms in total. The van der Waals surface area contributed by atoms with Crippen LogP contribution in [0, 0.1) is 0 Å². The van der Waals surface area contributed by atoms with Gasteiger partial charge in [-0.15, -0.1) is 5.10 Å². The number of amides is 3. The van der Waals surface area contributed by atoms with E-state index >= 15 is 0 Å². The van der Waals surface area contributed by atoms with Crippen LogP contribution in [0.1, 0.15) is 42.5 Å². The molecule has 0 saturated heterocycles. The SMILES string of the molecule is O=C(Nc1n[nH]c(C(F)(F)F)n1)c1cccc(CN2C(=O)c3ccccc3C2=O)c1. The maximum atomic E-state index is 12.6. The molecule has 0 radical (unpaired) electrons. The molecule has 0 bridgehead atoms. The summed E-state index contributed by atoms with van der Waals surface area (Å²) in [4.78, 5) is 41.5. The molecule has 3 amide bonds. The summed E-state index contributed by atoms with van der Waals surface area (Å²) in [5, 5.41) is 7.17. The standard InChI is InChI=1S/C19H12F3N5O3/c20-19(21,22)17-24-18(26-25-17)23-14(28)11-5-3-4-10(8-11)9-27-15(29)12-6-1-2-7-13(12)16(27)30/h1-8H,9H2,(H2,23,24,25,26,28). The van der Waals surface area contributed by atoms with Crippen LogP contribution in [0.3, 0.4) is 0 Å². The van der Waals surface area contributed by atoms with E-state index in [1.165, 1.54) is 18.2 Å². The smallest absolute Gasteiger partial charge is 0.289 e. The molecule has 1 aliphatic heterocycles. The zero-order chi connectivity index (χ0) is 21.5. The van der Waals surface area contributed by atoms with Crippen molar-refractivity contribution in [1.29, 1.82) is 0 Å². The Bertz CT molecular complexity index is 1140. The zero-order valence-corrected chi connectivity index (χ0v) is 15.0. The Kier molecular flexibility index (Phi) is 4.57. The van der Waals surface area contributed by atoms with Gasteiger partial charge in [0.05, 0.1) is 17.7 Å². The molecule has 3 aromatic rings. The first-order chi connectivity index (χ1) is 14.2. The van der Waals surface area contributed by atoms with Crippen LogP contribution in [0.25, 0.3) is 0 Å². The maximum absolute atomic E-state index is 12.6. The number of anilines is 1. The van der Waals surface area contributed by atoms with Crippen LogP contribution >= 0.6 is 0 Å². The van der Waals surface area contributed by atoms with E-state index in [1.807, 2.05) is 0 Å². The van der Waals surface area contributed by atoms with E-state index in [-0.39, 0.29) is 12.1 Å². The molecule has 4 rings (SSSR count). The Balaban J connectivity index is 1.49. The third kappa shape index (κ3) is 3.52. The monoisotopic (exact) mass is 415 g/mol. The fraction of sp³-hybridized carbons (Fsp3) is 0.105. The molecule has 0 aliphatic carbocycles. The highest BCUT2D eigenvalue weighted by Gasteiger charge is 2.36. The number of H-pyrrole nitrogens is 1. The molecule has 152 valence electrons. The van der Waals surface area contributed by atoms with Crippen molar-refractivity contribution in [3.63, 3.8) is 0 Å². The Morgan fingerprint density at radius 1 is 1.03 bits per heavy atom. The average molecular weight is 415 g/mol. The summed E-state index contributed by atoms with van der Waals surface area (Å²) < 4.78 is 37.7. The quantitative estimate of drug-likeness (QED) is 0.637. The third-order valence-electron chi connectivity index (χ3n) is 4.39. The van der Waals surface area contributed by atoms with Crippen molar-refractivity contribution in [2.75, 3.05) is 5.32 Å². The molecule has 2 aromatic carbocycles. The van der Waals surface area contributed by atoms with Crippen molar-refractivity contribution in [3.05, 3.63) is 76.6 Å². The van der Waals surface area contributed by atoms with Gasteiger partial charge in [0.2, 0.25) is 11.8 Å². The topological polar surface area (TPSA) is 108 Å². The number of imide groups is 1. The summed E-state index contributed by atoms with van der Waals surface area (Å²) >= 11 is 0. The number of halogens is 3. The van der Waals surface area contributed by atoms with Gasteiger partial charge in [-0.2, -0.15) is 18.2 Å². The van der Waals surface area contributed by atoms with Gasteiger partial charge < -0.3 is 0 Å². The second-order valence-electron chi connectivity index (χ2n) is 6.40. The lowest BCUT2D eigenvalue weighted by atomic mass is 10.1. The number of alkyl halides is 3. The van der Waals surface area contributed by atoms with E-state index in [9.17, 15) is 27.6 Å². The molecule has 0 atom stereocenters. The predicted molar refractivity (Wildman–Crippen MR) is 96.4 cm³/mol. The molecule has 0 unspecified atom stereocenters. The lowest BCUT2D eigenvalue weighted by Crippen LogP contribution is -2.29. The van der Waals surface area contributed by atoms with Gasteiger partial charge in [0.1, 0.15) is 0 Å². The van der Waals surface area contributed by atoms with Crippen molar-refractivity contribution in [3.8, 4) is 0 Å². The van der Waals surface area contributed by atoms with E-state index in [1.54, 1.807) is 35.4 Å². The van der Waals surface area contributed by atoms with Gasteiger partial charge in [-0.3, -0.25) is 29.7 Å². The van der Waals surface area contributed by atoms with Crippen molar-refractivity contribution in [2.24, 2.45) is 0 Å². The molecule has 0 saturated carbocycles. The van der Waals surface area contributed by atoms with Crippen LogP contribution < -0.4 is 5.32 Å². The molecule has 1 aromatic heterocycles. The fourth-order valence-electron chi connectivity index (χ4n) is 2.99. The lowest BCUT2D eigenvalue weighted by Gasteiger charge is -2.14. The highest BCUT2D eigenvalue weighted by molar-refractivity contribution is 6.21. The molecule has 11 heteroatoms.